The lowest BCUT2D eigenvalue weighted by molar-refractivity contribution is 0.0577. The summed E-state index contributed by atoms with van der Waals surface area (Å²) in [5, 5.41) is 0. The van der Waals surface area contributed by atoms with E-state index in [1.165, 1.54) is 0 Å². The minimum Gasteiger partial charge on any atom is -0.437 e. The molecule has 55 heavy (non-hydrogen) atoms. The Labute approximate surface area is 316 Å². The van der Waals surface area contributed by atoms with Gasteiger partial charge in [-0.2, -0.15) is 0 Å². The zero-order valence-corrected chi connectivity index (χ0v) is 29.9. The number of nitrogens with zero attached hydrogens (tertiary/aromatic N) is 8. The maximum absolute atomic E-state index is 12.7. The fourth-order valence-electron chi connectivity index (χ4n) is 7.30. The van der Waals surface area contributed by atoms with Gasteiger partial charge < -0.3 is 29.2 Å². The Morgan fingerprint density at radius 1 is 0.582 bits per heavy atom. The van der Waals surface area contributed by atoms with E-state index in [0.717, 1.165) is 65.2 Å². The topological polar surface area (TPSA) is 168 Å². The van der Waals surface area contributed by atoms with Crippen LogP contribution >= 0.6 is 0 Å². The number of aromatic nitrogens is 8. The molecular formula is C41H38N10O4. The van der Waals surface area contributed by atoms with Crippen LogP contribution in [0.3, 0.4) is 0 Å². The Balaban J connectivity index is 0.000000144. The molecule has 0 aliphatic carbocycles. The quantitative estimate of drug-likeness (QED) is 0.202. The number of amides is 2. The van der Waals surface area contributed by atoms with E-state index in [4.69, 9.17) is 9.47 Å². The number of benzene rings is 3. The molecule has 3 aromatic carbocycles. The van der Waals surface area contributed by atoms with Crippen molar-refractivity contribution in [1.82, 2.24) is 49.7 Å². The van der Waals surface area contributed by atoms with Crippen molar-refractivity contribution in [2.24, 2.45) is 0 Å². The van der Waals surface area contributed by atoms with Crippen molar-refractivity contribution in [2.75, 3.05) is 39.4 Å². The summed E-state index contributed by atoms with van der Waals surface area (Å²) in [7, 11) is 0. The van der Waals surface area contributed by atoms with Gasteiger partial charge in [0.05, 0.1) is 33.5 Å². The van der Waals surface area contributed by atoms with E-state index >= 15 is 0 Å². The van der Waals surface area contributed by atoms with Crippen LogP contribution in [0.2, 0.25) is 0 Å². The molecule has 7 aromatic rings. The van der Waals surface area contributed by atoms with E-state index in [-0.39, 0.29) is 23.7 Å². The predicted molar refractivity (Wildman–Crippen MR) is 203 cm³/mol. The third kappa shape index (κ3) is 7.11. The summed E-state index contributed by atoms with van der Waals surface area (Å²) in [5.74, 6) is 2.51. The predicted octanol–water partition coefficient (Wildman–Crippen LogP) is 5.87. The SMILES string of the molecule is O=C(c1nc2ccccc2[nH]1)N1CC(c2nccnc2C2CCOCC2)C1.O=C(c1nc2ccccc2[nH]1)N1CC(c2nccnc2Oc2ccccc2)C1. The van der Waals surface area contributed by atoms with Gasteiger partial charge in [0.1, 0.15) is 11.4 Å². The molecule has 4 aromatic heterocycles. The normalized spacial score (nSPS) is 16.3. The number of rotatable bonds is 7. The zero-order valence-electron chi connectivity index (χ0n) is 29.9. The van der Waals surface area contributed by atoms with Crippen LogP contribution in [0.15, 0.2) is 104 Å². The van der Waals surface area contributed by atoms with Gasteiger partial charge in [-0.05, 0) is 49.2 Å². The second kappa shape index (κ2) is 15.1. The number of nitrogens with one attached hydrogen (secondary N) is 2. The average molecular weight is 735 g/mol. The third-order valence-corrected chi connectivity index (χ3v) is 10.3. The van der Waals surface area contributed by atoms with Gasteiger partial charge in [-0.3, -0.25) is 24.5 Å². The number of likely N-dealkylation sites (tertiary alicyclic amines) is 2. The summed E-state index contributed by atoms with van der Waals surface area (Å²) >= 11 is 0. The Hall–Kier alpha value is -6.54. The van der Waals surface area contributed by atoms with Crippen molar-refractivity contribution in [2.45, 2.75) is 30.6 Å². The monoisotopic (exact) mass is 734 g/mol. The van der Waals surface area contributed by atoms with Crippen molar-refractivity contribution in [3.63, 3.8) is 0 Å². The first kappa shape index (κ1) is 34.2. The molecule has 14 nitrogen and oxygen atoms in total. The number of aromatic amines is 2. The van der Waals surface area contributed by atoms with Gasteiger partial charge in [-0.15, -0.1) is 0 Å². The van der Waals surface area contributed by atoms with Crippen molar-refractivity contribution in [1.29, 1.82) is 0 Å². The summed E-state index contributed by atoms with van der Waals surface area (Å²) < 4.78 is 11.4. The second-order valence-corrected chi connectivity index (χ2v) is 13.9. The van der Waals surface area contributed by atoms with Crippen molar-refractivity contribution in [3.8, 4) is 11.6 Å². The molecule has 3 aliphatic heterocycles. The molecule has 0 bridgehead atoms. The Morgan fingerprint density at radius 2 is 1.05 bits per heavy atom. The van der Waals surface area contributed by atoms with Crippen LogP contribution in [0.4, 0.5) is 0 Å². The van der Waals surface area contributed by atoms with Gasteiger partial charge in [0.25, 0.3) is 11.8 Å². The lowest BCUT2D eigenvalue weighted by Gasteiger charge is -2.39. The number of fused-ring (bicyclic) bond motifs is 2. The van der Waals surface area contributed by atoms with E-state index in [0.29, 0.717) is 55.4 Å². The van der Waals surface area contributed by atoms with Gasteiger partial charge in [-0.25, -0.2) is 15.0 Å². The molecule has 14 heteroatoms. The van der Waals surface area contributed by atoms with E-state index in [2.05, 4.69) is 39.9 Å². The number of ether oxygens (including phenoxy) is 2. The van der Waals surface area contributed by atoms with Crippen LogP contribution in [0.25, 0.3) is 22.1 Å². The van der Waals surface area contributed by atoms with E-state index < -0.39 is 0 Å². The van der Waals surface area contributed by atoms with Crippen molar-refractivity contribution in [3.05, 3.63) is 132 Å². The van der Waals surface area contributed by atoms with Crippen molar-refractivity contribution < 1.29 is 19.1 Å². The second-order valence-electron chi connectivity index (χ2n) is 13.9. The molecule has 7 heterocycles. The molecule has 0 unspecified atom stereocenters. The Morgan fingerprint density at radius 3 is 1.62 bits per heavy atom. The van der Waals surface area contributed by atoms with E-state index in [1.54, 1.807) is 29.7 Å². The minimum atomic E-state index is -0.109. The lowest BCUT2D eigenvalue weighted by Crippen LogP contribution is -2.49. The van der Waals surface area contributed by atoms with Crippen LogP contribution in [0.1, 0.15) is 68.9 Å². The van der Waals surface area contributed by atoms with Gasteiger partial charge in [0, 0.05) is 81.9 Å². The standard InChI is InChI=1S/C21H17N5O2.C20H21N5O2/c27-21(19-24-16-8-4-5-9-17(16)25-19)26-12-14(13-26)18-20(23-11-10-22-18)28-15-6-2-1-3-7-15;26-20(19-23-15-3-1-2-4-16(15)24-19)25-11-14(12-25)18-17(21-7-8-22-18)13-5-9-27-10-6-13/h1-11,14H,12-13H2,(H,24,25);1-4,7-8,13-14H,5-6,9-12H2,(H,23,24). The highest BCUT2D eigenvalue weighted by atomic mass is 16.5. The summed E-state index contributed by atoms with van der Waals surface area (Å²) in [6.45, 7) is 3.99. The number of hydrogen-bond acceptors (Lipinski definition) is 10. The first-order valence-electron chi connectivity index (χ1n) is 18.5. The Bertz CT molecular complexity index is 2380. The first-order valence-corrected chi connectivity index (χ1v) is 18.5. The van der Waals surface area contributed by atoms with Crippen LogP contribution in [0.5, 0.6) is 11.6 Å². The van der Waals surface area contributed by atoms with E-state index in [9.17, 15) is 9.59 Å². The highest BCUT2D eigenvalue weighted by Gasteiger charge is 2.38. The van der Waals surface area contributed by atoms with Crippen LogP contribution < -0.4 is 4.74 Å². The molecule has 2 amide bonds. The highest BCUT2D eigenvalue weighted by Crippen LogP contribution is 2.35. The number of imidazole rings is 2. The molecule has 3 saturated heterocycles. The summed E-state index contributed by atoms with van der Waals surface area (Å²) in [5.41, 5.74) is 6.23. The van der Waals surface area contributed by atoms with Gasteiger partial charge in [-0.1, -0.05) is 42.5 Å². The van der Waals surface area contributed by atoms with Crippen LogP contribution in [-0.2, 0) is 4.74 Å². The maximum atomic E-state index is 12.7. The van der Waals surface area contributed by atoms with Crippen LogP contribution in [0, 0.1) is 0 Å². The van der Waals surface area contributed by atoms with Crippen molar-refractivity contribution >= 4 is 33.9 Å². The van der Waals surface area contributed by atoms with Gasteiger partial charge >= 0.3 is 0 Å². The third-order valence-electron chi connectivity index (χ3n) is 10.3. The summed E-state index contributed by atoms with van der Waals surface area (Å²) in [6.07, 6.45) is 8.75. The highest BCUT2D eigenvalue weighted by molar-refractivity contribution is 5.95. The zero-order chi connectivity index (χ0) is 37.1. The maximum Gasteiger partial charge on any atom is 0.289 e. The lowest BCUT2D eigenvalue weighted by atomic mass is 9.87. The number of H-pyrrole nitrogens is 2. The minimum absolute atomic E-state index is 0.0565. The molecule has 0 atom stereocenters. The van der Waals surface area contributed by atoms with Gasteiger partial charge in [0.15, 0.2) is 11.6 Å². The molecular weight excluding hydrogens is 697 g/mol. The van der Waals surface area contributed by atoms with E-state index in [1.807, 2.05) is 83.8 Å². The first-order chi connectivity index (χ1) is 27.1. The van der Waals surface area contributed by atoms with Crippen LogP contribution in [-0.4, -0.2) is 101 Å². The molecule has 2 N–H and O–H groups in total. The largest absolute Gasteiger partial charge is 0.437 e. The molecule has 3 fully saturated rings. The number of hydrogen-bond donors (Lipinski definition) is 2. The summed E-state index contributed by atoms with van der Waals surface area (Å²) in [6, 6.07) is 24.8. The number of carbonyl (C=O) groups is 2. The molecule has 276 valence electrons. The molecule has 0 saturated carbocycles. The Kier molecular flexibility index (Phi) is 9.38. The smallest absolute Gasteiger partial charge is 0.289 e. The molecule has 0 radical (unpaired) electrons. The molecule has 3 aliphatic rings. The number of carbonyl (C=O) groups excluding carboxylic acids is 2. The fraction of sp³-hybridized carbons (Fsp3) is 0.268. The summed E-state index contributed by atoms with van der Waals surface area (Å²) in [4.78, 5) is 62.1. The fourth-order valence-corrected chi connectivity index (χ4v) is 7.30. The number of para-hydroxylation sites is 5. The molecule has 10 rings (SSSR count). The average Bonchev–Trinajstić information content (AvgIpc) is 3.84. The van der Waals surface area contributed by atoms with Gasteiger partial charge in [0.2, 0.25) is 5.88 Å². The molecule has 0 spiro atoms.